The minimum atomic E-state index is -0.796. The number of carbonyl (C=O) groups is 1. The van der Waals surface area contributed by atoms with Gasteiger partial charge < -0.3 is 14.9 Å². The highest BCUT2D eigenvalue weighted by atomic mass is 19.1. The molecule has 0 aliphatic carbocycles. The highest BCUT2D eigenvalue weighted by molar-refractivity contribution is 6.06. The van der Waals surface area contributed by atoms with Gasteiger partial charge in [0.15, 0.2) is 0 Å². The monoisotopic (exact) mass is 517 g/mol. The highest BCUT2D eigenvalue weighted by Crippen LogP contribution is 2.38. The number of benzene rings is 1. The number of carboxylic acid groups (broad SMARTS) is 1. The van der Waals surface area contributed by atoms with Crippen LogP contribution in [0.25, 0.3) is 0 Å². The van der Waals surface area contributed by atoms with Crippen molar-refractivity contribution in [1.29, 1.82) is 0 Å². The first-order valence-electron chi connectivity index (χ1n) is 13.2. The zero-order valence-corrected chi connectivity index (χ0v) is 21.5. The van der Waals surface area contributed by atoms with E-state index in [0.29, 0.717) is 19.6 Å². The summed E-state index contributed by atoms with van der Waals surface area (Å²) in [6.45, 7) is 6.43. The standard InChI is InChI=1S/C28H32FN7O2/c1-28(23-8-3-9-25(31-23)34-15-13-33(14-16-34)18-27(37)38)19-30-24-10-11-26(32-36(24)28)35-12-4-7-22(35)20-5-2-6-21(29)17-20/h2-3,5-6,8-11,17,22H,4,7,12-16,18-19H2,1H3,(H,37,38). The van der Waals surface area contributed by atoms with Gasteiger partial charge in [-0.2, -0.15) is 5.10 Å². The Morgan fingerprint density at radius 3 is 2.66 bits per heavy atom. The predicted octanol–water partition coefficient (Wildman–Crippen LogP) is 3.08. The lowest BCUT2D eigenvalue weighted by atomic mass is 9.97. The largest absolute Gasteiger partial charge is 0.480 e. The van der Waals surface area contributed by atoms with Crippen LogP contribution in [0.4, 0.5) is 10.2 Å². The normalized spacial score (nSPS) is 25.4. The molecule has 4 aliphatic heterocycles. The maximum absolute atomic E-state index is 14.0. The summed E-state index contributed by atoms with van der Waals surface area (Å²) in [5, 5.41) is 16.2. The van der Waals surface area contributed by atoms with Gasteiger partial charge in [-0.25, -0.2) is 14.4 Å². The average Bonchev–Trinajstić information content (AvgIpc) is 3.55. The molecule has 1 N–H and O–H groups in total. The second-order valence-corrected chi connectivity index (χ2v) is 10.5. The fourth-order valence-electron chi connectivity index (χ4n) is 5.86. The third-order valence-corrected chi connectivity index (χ3v) is 7.94. The summed E-state index contributed by atoms with van der Waals surface area (Å²) in [7, 11) is 0. The number of hydrogen-bond acceptors (Lipinski definition) is 8. The summed E-state index contributed by atoms with van der Waals surface area (Å²) in [6.07, 6.45) is 6.01. The smallest absolute Gasteiger partial charge is 0.317 e. The van der Waals surface area contributed by atoms with Gasteiger partial charge in [-0.15, -0.1) is 0 Å². The molecule has 2 aromatic rings. The molecule has 9 nitrogen and oxygen atoms in total. The van der Waals surface area contributed by atoms with E-state index in [2.05, 4.69) is 16.7 Å². The van der Waals surface area contributed by atoms with Crippen molar-refractivity contribution in [2.75, 3.05) is 50.7 Å². The molecule has 0 radical (unpaired) electrons. The number of amidine groups is 2. The van der Waals surface area contributed by atoms with Gasteiger partial charge in [0.25, 0.3) is 0 Å². The van der Waals surface area contributed by atoms with Crippen LogP contribution in [0.3, 0.4) is 0 Å². The number of rotatable bonds is 5. The number of fused-ring (bicyclic) bond motifs is 1. The Morgan fingerprint density at radius 2 is 1.87 bits per heavy atom. The molecule has 1 aromatic carbocycles. The van der Waals surface area contributed by atoms with E-state index < -0.39 is 11.5 Å². The number of nitrogens with zero attached hydrogens (tertiary/aromatic N) is 7. The second-order valence-electron chi connectivity index (χ2n) is 10.5. The summed E-state index contributed by atoms with van der Waals surface area (Å²) in [5.41, 5.74) is 1.32. The van der Waals surface area contributed by atoms with Crippen LogP contribution < -0.4 is 4.90 Å². The topological polar surface area (TPSA) is 87.9 Å². The van der Waals surface area contributed by atoms with Crippen LogP contribution in [0.2, 0.25) is 0 Å². The molecule has 5 heterocycles. The molecule has 2 fully saturated rings. The number of piperazine rings is 1. The fraction of sp³-hybridized carbons (Fsp3) is 0.429. The van der Waals surface area contributed by atoms with E-state index in [1.165, 1.54) is 6.07 Å². The van der Waals surface area contributed by atoms with Gasteiger partial charge in [0, 0.05) is 32.7 Å². The summed E-state index contributed by atoms with van der Waals surface area (Å²) in [6, 6.07) is 13.0. The molecular weight excluding hydrogens is 485 g/mol. The third kappa shape index (κ3) is 4.53. The Hall–Kier alpha value is -3.79. The first-order chi connectivity index (χ1) is 18.4. The Kier molecular flexibility index (Phi) is 6.35. The number of aliphatic imine (C=N–C) groups is 1. The lowest BCUT2D eigenvalue weighted by Gasteiger charge is -2.37. The van der Waals surface area contributed by atoms with Crippen LogP contribution >= 0.6 is 0 Å². The van der Waals surface area contributed by atoms with Crippen LogP contribution in [0.1, 0.15) is 37.1 Å². The van der Waals surface area contributed by atoms with Gasteiger partial charge in [-0.05, 0) is 61.7 Å². The number of hydrazone groups is 1. The average molecular weight is 518 g/mol. The minimum absolute atomic E-state index is 0.0688. The van der Waals surface area contributed by atoms with E-state index in [-0.39, 0.29) is 18.4 Å². The number of anilines is 1. The van der Waals surface area contributed by atoms with Crippen molar-refractivity contribution in [3.8, 4) is 0 Å². The lowest BCUT2D eigenvalue weighted by molar-refractivity contribution is -0.138. The van der Waals surface area contributed by atoms with Gasteiger partial charge in [0.2, 0.25) is 0 Å². The number of aromatic nitrogens is 1. The van der Waals surface area contributed by atoms with Gasteiger partial charge in [-0.3, -0.25) is 14.7 Å². The molecule has 6 rings (SSSR count). The Bertz CT molecular complexity index is 1320. The number of hydrogen-bond donors (Lipinski definition) is 1. The molecule has 2 saturated heterocycles. The summed E-state index contributed by atoms with van der Waals surface area (Å²) < 4.78 is 14.0. The Morgan fingerprint density at radius 1 is 1.08 bits per heavy atom. The van der Waals surface area contributed by atoms with Crippen molar-refractivity contribution in [3.05, 3.63) is 71.7 Å². The summed E-state index contributed by atoms with van der Waals surface area (Å²) >= 11 is 0. The molecule has 0 amide bonds. The zero-order chi connectivity index (χ0) is 26.3. The molecule has 0 saturated carbocycles. The van der Waals surface area contributed by atoms with Gasteiger partial charge in [0.1, 0.15) is 28.8 Å². The molecule has 4 aliphatic rings. The number of carboxylic acids is 1. The second kappa shape index (κ2) is 9.83. The molecule has 2 atom stereocenters. The maximum atomic E-state index is 14.0. The number of halogens is 1. The van der Waals surface area contributed by atoms with Crippen molar-refractivity contribution < 1.29 is 14.3 Å². The van der Waals surface area contributed by atoms with E-state index in [1.807, 2.05) is 46.3 Å². The molecule has 1 aromatic heterocycles. The van der Waals surface area contributed by atoms with E-state index >= 15 is 0 Å². The minimum Gasteiger partial charge on any atom is -0.480 e. The molecule has 0 spiro atoms. The van der Waals surface area contributed by atoms with Crippen molar-refractivity contribution in [1.82, 2.24) is 19.8 Å². The highest BCUT2D eigenvalue weighted by Gasteiger charge is 2.44. The van der Waals surface area contributed by atoms with Crippen LogP contribution in [0.15, 0.2) is 64.7 Å². The molecule has 10 heteroatoms. The van der Waals surface area contributed by atoms with Crippen LogP contribution in [-0.2, 0) is 10.3 Å². The van der Waals surface area contributed by atoms with E-state index in [0.717, 1.165) is 61.2 Å². The zero-order valence-electron chi connectivity index (χ0n) is 21.5. The van der Waals surface area contributed by atoms with Crippen molar-refractivity contribution in [2.24, 2.45) is 10.1 Å². The van der Waals surface area contributed by atoms with Gasteiger partial charge in [0.05, 0.1) is 24.8 Å². The summed E-state index contributed by atoms with van der Waals surface area (Å²) in [4.78, 5) is 27.3. The third-order valence-electron chi connectivity index (χ3n) is 7.94. The quantitative estimate of drug-likeness (QED) is 0.652. The van der Waals surface area contributed by atoms with Crippen molar-refractivity contribution in [2.45, 2.75) is 31.3 Å². The maximum Gasteiger partial charge on any atom is 0.317 e. The Balaban J connectivity index is 1.23. The number of aliphatic carboxylic acids is 1. The van der Waals surface area contributed by atoms with Gasteiger partial charge >= 0.3 is 5.97 Å². The van der Waals surface area contributed by atoms with Gasteiger partial charge in [-0.1, -0.05) is 18.2 Å². The van der Waals surface area contributed by atoms with E-state index in [1.54, 1.807) is 12.1 Å². The van der Waals surface area contributed by atoms with Crippen LogP contribution in [0, 0.1) is 5.82 Å². The van der Waals surface area contributed by atoms with Crippen molar-refractivity contribution >= 4 is 23.5 Å². The van der Waals surface area contributed by atoms with E-state index in [4.69, 9.17) is 20.2 Å². The van der Waals surface area contributed by atoms with Crippen LogP contribution in [-0.4, -0.2) is 88.4 Å². The predicted molar refractivity (Wildman–Crippen MR) is 144 cm³/mol. The SMILES string of the molecule is CC1(c2cccc(N3CCN(CC(=O)O)CC3)n2)CN=C2C=CC(N3CCCC3c3cccc(F)c3)=NN21. The lowest BCUT2D eigenvalue weighted by Crippen LogP contribution is -2.48. The van der Waals surface area contributed by atoms with Crippen LogP contribution in [0.5, 0.6) is 0 Å². The first-order valence-corrected chi connectivity index (χ1v) is 13.2. The molecule has 198 valence electrons. The number of likely N-dealkylation sites (tertiary alicyclic amines) is 1. The molecule has 0 bridgehead atoms. The number of pyridine rings is 1. The first kappa shape index (κ1) is 24.5. The molecule has 2 unspecified atom stereocenters. The molecule has 38 heavy (non-hydrogen) atoms. The van der Waals surface area contributed by atoms with Crippen molar-refractivity contribution in [3.63, 3.8) is 0 Å². The molecular formula is C28H32FN7O2. The summed E-state index contributed by atoms with van der Waals surface area (Å²) in [5.74, 6) is 1.54. The Labute approximate surface area is 221 Å². The fourth-order valence-corrected chi connectivity index (χ4v) is 5.86. The van der Waals surface area contributed by atoms with E-state index in [9.17, 15) is 9.18 Å².